The molecule has 208 valence electrons. The summed E-state index contributed by atoms with van der Waals surface area (Å²) in [6, 6.07) is 16.5. The lowest BCUT2D eigenvalue weighted by Gasteiger charge is -2.27. The van der Waals surface area contributed by atoms with E-state index in [0.29, 0.717) is 37.9 Å². The Labute approximate surface area is 232 Å². The number of aryl methyl sites for hydroxylation is 1. The minimum Gasteiger partial charge on any atom is -0.443 e. The molecule has 40 heavy (non-hydrogen) atoms. The summed E-state index contributed by atoms with van der Waals surface area (Å²) in [6.07, 6.45) is 3.64. The number of hydrogen-bond acceptors (Lipinski definition) is 7. The van der Waals surface area contributed by atoms with Crippen LogP contribution in [0.4, 0.5) is 10.2 Å². The molecule has 6 rings (SSSR count). The topological polar surface area (TPSA) is 93.0 Å². The largest absolute Gasteiger partial charge is 0.443 e. The number of Topliss-reactive ketones (excluding diaryl/α,β-unsaturated/α-hetero) is 1. The van der Waals surface area contributed by atoms with Gasteiger partial charge in [-0.2, -0.15) is 4.31 Å². The Bertz CT molecular complexity index is 1630. The minimum atomic E-state index is -4.04. The molecule has 2 aliphatic heterocycles. The molecule has 2 aliphatic rings. The smallest absolute Gasteiger partial charge is 0.277 e. The molecule has 0 N–H and O–H groups in total. The number of ketones is 1. The third-order valence-corrected chi connectivity index (χ3v) is 9.36. The number of pyridine rings is 1. The number of nitrogens with zero attached hydrogens (tertiary/aromatic N) is 3. The van der Waals surface area contributed by atoms with Gasteiger partial charge in [0.15, 0.2) is 5.78 Å². The first kappa shape index (κ1) is 26.6. The number of carbonyl (C=O) groups excluding carboxylic acids is 1. The molecular formula is C30H30FN3O5S. The predicted molar refractivity (Wildman–Crippen MR) is 149 cm³/mol. The van der Waals surface area contributed by atoms with Gasteiger partial charge in [0.2, 0.25) is 5.09 Å². The van der Waals surface area contributed by atoms with E-state index >= 15 is 0 Å². The molecule has 2 aromatic heterocycles. The maximum atomic E-state index is 13.6. The van der Waals surface area contributed by atoms with E-state index in [1.54, 1.807) is 0 Å². The number of benzene rings is 2. The van der Waals surface area contributed by atoms with Gasteiger partial charge in [0, 0.05) is 49.3 Å². The van der Waals surface area contributed by atoms with Crippen molar-refractivity contribution < 1.29 is 26.8 Å². The van der Waals surface area contributed by atoms with Crippen molar-refractivity contribution in [3.63, 3.8) is 0 Å². The van der Waals surface area contributed by atoms with Gasteiger partial charge < -0.3 is 14.1 Å². The lowest BCUT2D eigenvalue weighted by molar-refractivity contribution is -0.122. The first-order valence-electron chi connectivity index (χ1n) is 13.5. The zero-order valence-corrected chi connectivity index (χ0v) is 22.8. The molecular weight excluding hydrogens is 533 g/mol. The van der Waals surface area contributed by atoms with Gasteiger partial charge in [0.1, 0.15) is 17.2 Å². The fourth-order valence-electron chi connectivity index (χ4n) is 5.46. The van der Waals surface area contributed by atoms with Crippen molar-refractivity contribution in [2.45, 2.75) is 36.8 Å². The third kappa shape index (κ3) is 5.39. The van der Waals surface area contributed by atoms with E-state index in [1.165, 1.54) is 28.6 Å². The predicted octanol–water partition coefficient (Wildman–Crippen LogP) is 4.83. The summed E-state index contributed by atoms with van der Waals surface area (Å²) < 4.78 is 52.5. The number of anilines is 1. The van der Waals surface area contributed by atoms with Crippen molar-refractivity contribution in [1.82, 2.24) is 9.29 Å². The van der Waals surface area contributed by atoms with Crippen molar-refractivity contribution >= 4 is 32.6 Å². The Morgan fingerprint density at radius 2 is 1.85 bits per heavy atom. The van der Waals surface area contributed by atoms with Crippen LogP contribution in [0.25, 0.3) is 22.1 Å². The number of halogens is 1. The van der Waals surface area contributed by atoms with Crippen molar-refractivity contribution in [3.05, 3.63) is 78.2 Å². The van der Waals surface area contributed by atoms with Gasteiger partial charge in [0.05, 0.1) is 19.3 Å². The van der Waals surface area contributed by atoms with E-state index in [0.717, 1.165) is 35.6 Å². The monoisotopic (exact) mass is 563 g/mol. The summed E-state index contributed by atoms with van der Waals surface area (Å²) in [4.78, 5) is 20.1. The average molecular weight is 564 g/mol. The van der Waals surface area contributed by atoms with Crippen LogP contribution in [0, 0.1) is 5.82 Å². The van der Waals surface area contributed by atoms with E-state index < -0.39 is 21.9 Å². The molecule has 1 atom stereocenters. The molecule has 0 amide bonds. The second kappa shape index (κ2) is 11.1. The van der Waals surface area contributed by atoms with E-state index in [1.807, 2.05) is 30.5 Å². The van der Waals surface area contributed by atoms with E-state index in [9.17, 15) is 17.6 Å². The van der Waals surface area contributed by atoms with Crippen LogP contribution in [0.2, 0.25) is 0 Å². The molecule has 2 fully saturated rings. The number of ether oxygens (including phenoxy) is 1. The molecule has 2 aromatic carbocycles. The lowest BCUT2D eigenvalue weighted by atomic mass is 9.99. The third-order valence-electron chi connectivity index (χ3n) is 7.60. The molecule has 0 unspecified atom stereocenters. The standard InChI is InChI=1S/C30H30FN3O5S/c31-25-8-10-28-24(18-25)19-30(39-28)40(36,37)34-12-2-5-26(34)27(35)9-6-21-3-1-4-22(17-21)23-7-11-29(32-20-23)33-13-15-38-16-14-33/h1,3-4,7-8,10-11,17-20,26H,2,5-6,9,12-16H2/t26-/m0/s1. The van der Waals surface area contributed by atoms with E-state index in [2.05, 4.69) is 22.0 Å². The van der Waals surface area contributed by atoms with Crippen molar-refractivity contribution in [2.24, 2.45) is 0 Å². The van der Waals surface area contributed by atoms with Gasteiger partial charge in [-0.3, -0.25) is 4.79 Å². The van der Waals surface area contributed by atoms with Gasteiger partial charge in [-0.1, -0.05) is 24.3 Å². The number of furan rings is 1. The van der Waals surface area contributed by atoms with Crippen molar-refractivity contribution in [3.8, 4) is 11.1 Å². The second-order valence-corrected chi connectivity index (χ2v) is 12.0. The van der Waals surface area contributed by atoms with Gasteiger partial charge in [0.25, 0.3) is 10.0 Å². The summed E-state index contributed by atoms with van der Waals surface area (Å²) in [5, 5.41) is 0.0974. The van der Waals surface area contributed by atoms with Crippen LogP contribution in [-0.2, 0) is 26.0 Å². The number of rotatable bonds is 8. The number of aromatic nitrogens is 1. The van der Waals surface area contributed by atoms with E-state index in [4.69, 9.17) is 9.15 Å². The fraction of sp³-hybridized carbons (Fsp3) is 0.333. The Hall–Kier alpha value is -3.60. The molecule has 4 aromatic rings. The lowest BCUT2D eigenvalue weighted by Crippen LogP contribution is -2.40. The van der Waals surface area contributed by atoms with Crippen LogP contribution in [0.15, 0.2) is 76.4 Å². The van der Waals surface area contributed by atoms with Crippen LogP contribution in [-0.4, -0.2) is 62.4 Å². The molecule has 10 heteroatoms. The number of hydrogen-bond donors (Lipinski definition) is 0. The first-order chi connectivity index (χ1) is 19.4. The van der Waals surface area contributed by atoms with Crippen LogP contribution in [0.5, 0.6) is 0 Å². The van der Waals surface area contributed by atoms with Gasteiger partial charge >= 0.3 is 0 Å². The molecule has 4 heterocycles. The maximum absolute atomic E-state index is 13.6. The summed E-state index contributed by atoms with van der Waals surface area (Å²) >= 11 is 0. The zero-order valence-electron chi connectivity index (χ0n) is 22.0. The second-order valence-electron chi connectivity index (χ2n) is 10.2. The molecule has 0 aliphatic carbocycles. The Kier molecular flexibility index (Phi) is 7.39. The molecule has 0 spiro atoms. The summed E-state index contributed by atoms with van der Waals surface area (Å²) in [5.74, 6) is 0.335. The number of fused-ring (bicyclic) bond motifs is 1. The normalized spacial score (nSPS) is 18.4. The van der Waals surface area contributed by atoms with Crippen LogP contribution >= 0.6 is 0 Å². The van der Waals surface area contributed by atoms with Crippen LogP contribution < -0.4 is 4.90 Å². The van der Waals surface area contributed by atoms with Crippen LogP contribution in [0.1, 0.15) is 24.8 Å². The molecule has 0 bridgehead atoms. The number of sulfonamides is 1. The van der Waals surface area contributed by atoms with Crippen molar-refractivity contribution in [2.75, 3.05) is 37.7 Å². The molecule has 2 saturated heterocycles. The highest BCUT2D eigenvalue weighted by molar-refractivity contribution is 7.89. The summed E-state index contributed by atoms with van der Waals surface area (Å²) in [6.45, 7) is 3.31. The Morgan fingerprint density at radius 1 is 1.00 bits per heavy atom. The van der Waals surface area contributed by atoms with Gasteiger partial charge in [-0.15, -0.1) is 0 Å². The zero-order chi connectivity index (χ0) is 27.7. The highest BCUT2D eigenvalue weighted by Crippen LogP contribution is 2.31. The average Bonchev–Trinajstić information content (AvgIpc) is 3.65. The SMILES string of the molecule is O=C(CCc1cccc(-c2ccc(N3CCOCC3)nc2)c1)[C@@H]1CCCN1S(=O)(=O)c1cc2cc(F)ccc2o1. The Balaban J connectivity index is 1.12. The first-order valence-corrected chi connectivity index (χ1v) is 14.9. The maximum Gasteiger partial charge on any atom is 0.277 e. The van der Waals surface area contributed by atoms with Crippen LogP contribution in [0.3, 0.4) is 0 Å². The molecule has 8 nitrogen and oxygen atoms in total. The number of morpholine rings is 1. The number of carbonyl (C=O) groups is 1. The van der Waals surface area contributed by atoms with Crippen molar-refractivity contribution in [1.29, 1.82) is 0 Å². The quantitative estimate of drug-likeness (QED) is 0.303. The molecule has 0 radical (unpaired) electrons. The summed E-state index contributed by atoms with van der Waals surface area (Å²) in [7, 11) is -4.04. The van der Waals surface area contributed by atoms with Gasteiger partial charge in [-0.25, -0.2) is 17.8 Å². The van der Waals surface area contributed by atoms with E-state index in [-0.39, 0.29) is 29.4 Å². The Morgan fingerprint density at radius 3 is 2.65 bits per heavy atom. The highest BCUT2D eigenvalue weighted by Gasteiger charge is 2.40. The van der Waals surface area contributed by atoms with Gasteiger partial charge in [-0.05, 0) is 60.7 Å². The fourth-order valence-corrected chi connectivity index (χ4v) is 7.09. The summed E-state index contributed by atoms with van der Waals surface area (Å²) in [5.41, 5.74) is 3.28. The highest BCUT2D eigenvalue weighted by atomic mass is 32.2. The minimum absolute atomic E-state index is 0.120. The molecule has 0 saturated carbocycles.